The zero-order chi connectivity index (χ0) is 15.0. The van der Waals surface area contributed by atoms with Gasteiger partial charge in [0.05, 0.1) is 10.7 Å². The number of carbonyl (C=O) groups is 1. The lowest BCUT2D eigenvalue weighted by Gasteiger charge is -2.35. The molecular formula is C16H25N3OS. The van der Waals surface area contributed by atoms with Crippen LogP contribution in [-0.2, 0) is 6.42 Å². The van der Waals surface area contributed by atoms with Crippen molar-refractivity contribution in [3.63, 3.8) is 0 Å². The fraction of sp³-hybridized carbons (Fsp3) is 0.750. The van der Waals surface area contributed by atoms with Gasteiger partial charge in [0.2, 0.25) is 0 Å². The van der Waals surface area contributed by atoms with Gasteiger partial charge in [0.1, 0.15) is 4.88 Å². The molecule has 0 aromatic carbocycles. The van der Waals surface area contributed by atoms with E-state index in [0.29, 0.717) is 18.1 Å². The summed E-state index contributed by atoms with van der Waals surface area (Å²) in [6.07, 6.45) is 6.78. The third-order valence-electron chi connectivity index (χ3n) is 4.82. The predicted molar refractivity (Wildman–Crippen MR) is 85.9 cm³/mol. The number of nitrogens with zero attached hydrogens (tertiary/aromatic N) is 2. The first-order chi connectivity index (χ1) is 10.1. The van der Waals surface area contributed by atoms with E-state index in [1.54, 1.807) is 11.3 Å². The van der Waals surface area contributed by atoms with Crippen LogP contribution in [0.2, 0.25) is 0 Å². The number of aryl methyl sites for hydroxylation is 2. The first-order valence-corrected chi connectivity index (χ1v) is 8.89. The summed E-state index contributed by atoms with van der Waals surface area (Å²) in [5, 5.41) is 4.73. The number of hydrogen-bond acceptors (Lipinski definition) is 4. The van der Waals surface area contributed by atoms with Crippen molar-refractivity contribution in [2.45, 2.75) is 70.5 Å². The Morgan fingerprint density at radius 2 is 2.05 bits per heavy atom. The Morgan fingerprint density at radius 3 is 2.67 bits per heavy atom. The highest BCUT2D eigenvalue weighted by atomic mass is 32.1. The van der Waals surface area contributed by atoms with Crippen molar-refractivity contribution in [1.82, 2.24) is 15.2 Å². The van der Waals surface area contributed by atoms with Crippen molar-refractivity contribution in [2.75, 3.05) is 7.05 Å². The summed E-state index contributed by atoms with van der Waals surface area (Å²) in [6, 6.07) is 1.61. The minimum Gasteiger partial charge on any atom is -0.338 e. The first kappa shape index (κ1) is 15.0. The number of rotatable bonds is 4. The van der Waals surface area contributed by atoms with Crippen LogP contribution >= 0.6 is 11.3 Å². The van der Waals surface area contributed by atoms with Gasteiger partial charge in [-0.2, -0.15) is 0 Å². The van der Waals surface area contributed by atoms with Crippen LogP contribution in [0.4, 0.5) is 0 Å². The van der Waals surface area contributed by atoms with E-state index < -0.39 is 0 Å². The summed E-state index contributed by atoms with van der Waals surface area (Å²) in [7, 11) is 1.97. The highest BCUT2D eigenvalue weighted by Gasteiger charge is 2.37. The van der Waals surface area contributed by atoms with Crippen LogP contribution in [0.25, 0.3) is 0 Å². The Morgan fingerprint density at radius 1 is 1.38 bits per heavy atom. The van der Waals surface area contributed by atoms with E-state index in [9.17, 15) is 4.79 Å². The van der Waals surface area contributed by atoms with Gasteiger partial charge in [0.15, 0.2) is 0 Å². The standard InChI is InChI=1S/C16H25N3OS/c1-4-5-14-17-10(2)15(21-14)16(20)19(3)13-8-11-6-7-12(9-13)18-11/h11-13,18H,4-9H2,1-3H3. The van der Waals surface area contributed by atoms with Gasteiger partial charge in [-0.3, -0.25) is 4.79 Å². The molecule has 3 heterocycles. The van der Waals surface area contributed by atoms with Crippen LogP contribution in [0, 0.1) is 6.92 Å². The third-order valence-corrected chi connectivity index (χ3v) is 6.02. The summed E-state index contributed by atoms with van der Waals surface area (Å²) >= 11 is 1.58. The van der Waals surface area contributed by atoms with Gasteiger partial charge in [-0.25, -0.2) is 4.98 Å². The topological polar surface area (TPSA) is 45.2 Å². The average Bonchev–Trinajstić information content (AvgIpc) is 3.00. The second kappa shape index (κ2) is 6.05. The molecule has 1 amide bonds. The smallest absolute Gasteiger partial charge is 0.265 e. The highest BCUT2D eigenvalue weighted by molar-refractivity contribution is 7.13. The summed E-state index contributed by atoms with van der Waals surface area (Å²) in [6.45, 7) is 4.11. The van der Waals surface area contributed by atoms with E-state index in [1.807, 2.05) is 18.9 Å². The van der Waals surface area contributed by atoms with E-state index in [2.05, 4.69) is 17.2 Å². The maximum absolute atomic E-state index is 12.8. The van der Waals surface area contributed by atoms with Gasteiger partial charge in [0, 0.05) is 25.2 Å². The molecule has 1 aromatic heterocycles. The maximum atomic E-state index is 12.8. The number of aromatic nitrogens is 1. The monoisotopic (exact) mass is 307 g/mol. The number of thiazole rings is 1. The van der Waals surface area contributed by atoms with Crippen LogP contribution < -0.4 is 5.32 Å². The molecule has 5 heteroatoms. The Hall–Kier alpha value is -0.940. The van der Waals surface area contributed by atoms with Crippen molar-refractivity contribution in [3.05, 3.63) is 15.6 Å². The normalized spacial score (nSPS) is 27.9. The summed E-state index contributed by atoms with van der Waals surface area (Å²) < 4.78 is 0. The van der Waals surface area contributed by atoms with E-state index in [-0.39, 0.29) is 5.91 Å². The lowest BCUT2D eigenvalue weighted by molar-refractivity contribution is 0.0685. The molecule has 0 spiro atoms. The lowest BCUT2D eigenvalue weighted by Crippen LogP contribution is -2.48. The molecule has 2 aliphatic heterocycles. The Labute approximate surface area is 130 Å². The summed E-state index contributed by atoms with van der Waals surface area (Å²) in [4.78, 5) is 20.2. The van der Waals surface area contributed by atoms with Crippen LogP contribution in [0.15, 0.2) is 0 Å². The number of amides is 1. The largest absolute Gasteiger partial charge is 0.338 e. The molecule has 4 nitrogen and oxygen atoms in total. The molecule has 0 saturated carbocycles. The van der Waals surface area contributed by atoms with Crippen molar-refractivity contribution in [1.29, 1.82) is 0 Å². The van der Waals surface area contributed by atoms with Gasteiger partial charge >= 0.3 is 0 Å². The highest BCUT2D eigenvalue weighted by Crippen LogP contribution is 2.31. The zero-order valence-corrected chi connectivity index (χ0v) is 14.0. The molecule has 2 fully saturated rings. The zero-order valence-electron chi connectivity index (χ0n) is 13.2. The lowest BCUT2D eigenvalue weighted by atomic mass is 9.98. The minimum absolute atomic E-state index is 0.165. The van der Waals surface area contributed by atoms with Crippen LogP contribution in [0.1, 0.15) is 59.4 Å². The molecule has 21 heavy (non-hydrogen) atoms. The Balaban J connectivity index is 1.72. The molecule has 0 radical (unpaired) electrons. The molecule has 2 unspecified atom stereocenters. The van der Waals surface area contributed by atoms with Crippen LogP contribution in [-0.4, -0.2) is 41.0 Å². The Bertz CT molecular complexity index is 516. The third kappa shape index (κ3) is 2.99. The number of fused-ring (bicyclic) bond motifs is 2. The molecule has 0 aliphatic carbocycles. The fourth-order valence-electron chi connectivity index (χ4n) is 3.64. The van der Waals surface area contributed by atoms with Gasteiger partial charge < -0.3 is 10.2 Å². The molecular weight excluding hydrogens is 282 g/mol. The second-order valence-electron chi connectivity index (χ2n) is 6.45. The van der Waals surface area contributed by atoms with Gasteiger partial charge in [-0.05, 0) is 45.4 Å². The number of piperidine rings is 1. The van der Waals surface area contributed by atoms with Crippen molar-refractivity contribution >= 4 is 17.2 Å². The molecule has 1 N–H and O–H groups in total. The SMILES string of the molecule is CCCc1nc(C)c(C(=O)N(C)C2CC3CCC(C2)N3)s1. The van der Waals surface area contributed by atoms with Crippen molar-refractivity contribution in [3.8, 4) is 0 Å². The molecule has 2 aliphatic rings. The van der Waals surface area contributed by atoms with Gasteiger partial charge in [-0.1, -0.05) is 6.92 Å². The van der Waals surface area contributed by atoms with E-state index >= 15 is 0 Å². The number of hydrogen-bond donors (Lipinski definition) is 1. The van der Waals surface area contributed by atoms with Crippen LogP contribution in [0.5, 0.6) is 0 Å². The van der Waals surface area contributed by atoms with E-state index in [4.69, 9.17) is 0 Å². The first-order valence-electron chi connectivity index (χ1n) is 8.08. The second-order valence-corrected chi connectivity index (χ2v) is 7.53. The van der Waals surface area contributed by atoms with Crippen molar-refractivity contribution < 1.29 is 4.79 Å². The van der Waals surface area contributed by atoms with E-state index in [1.165, 1.54) is 12.8 Å². The fourth-order valence-corrected chi connectivity index (χ4v) is 4.79. The number of carbonyl (C=O) groups excluding carboxylic acids is 1. The minimum atomic E-state index is 0.165. The molecule has 2 bridgehead atoms. The quantitative estimate of drug-likeness (QED) is 0.930. The molecule has 116 valence electrons. The van der Waals surface area contributed by atoms with Gasteiger partial charge in [0.25, 0.3) is 5.91 Å². The molecule has 2 atom stereocenters. The Kier molecular flexibility index (Phi) is 4.31. The maximum Gasteiger partial charge on any atom is 0.265 e. The number of nitrogens with one attached hydrogen (secondary N) is 1. The molecule has 2 saturated heterocycles. The molecule has 1 aromatic rings. The average molecular weight is 307 g/mol. The predicted octanol–water partition coefficient (Wildman–Crippen LogP) is 2.76. The van der Waals surface area contributed by atoms with Gasteiger partial charge in [-0.15, -0.1) is 11.3 Å². The van der Waals surface area contributed by atoms with E-state index in [0.717, 1.165) is 41.3 Å². The molecule has 3 rings (SSSR count). The summed E-state index contributed by atoms with van der Waals surface area (Å²) in [5.41, 5.74) is 0.900. The van der Waals surface area contributed by atoms with Crippen LogP contribution in [0.3, 0.4) is 0 Å². The van der Waals surface area contributed by atoms with Crippen molar-refractivity contribution in [2.24, 2.45) is 0 Å². The summed E-state index contributed by atoms with van der Waals surface area (Å²) in [5.74, 6) is 0.165.